The highest BCUT2D eigenvalue weighted by molar-refractivity contribution is 7.09. The minimum absolute atomic E-state index is 0.148. The molecule has 2 unspecified atom stereocenters. The van der Waals surface area contributed by atoms with E-state index >= 15 is 0 Å². The van der Waals surface area contributed by atoms with Gasteiger partial charge in [0.25, 0.3) is 5.91 Å². The number of carbonyl (C=O) groups is 1. The molecular formula is C16H16N2OS. The van der Waals surface area contributed by atoms with Gasteiger partial charge in [0.1, 0.15) is 0 Å². The van der Waals surface area contributed by atoms with Crippen LogP contribution in [0.2, 0.25) is 0 Å². The third-order valence-electron chi connectivity index (χ3n) is 4.45. The van der Waals surface area contributed by atoms with Crippen LogP contribution in [0, 0.1) is 5.92 Å². The largest absolute Gasteiger partial charge is 0.330 e. The fourth-order valence-corrected chi connectivity index (χ4v) is 4.37. The van der Waals surface area contributed by atoms with E-state index in [-0.39, 0.29) is 11.9 Å². The highest BCUT2D eigenvalue weighted by Gasteiger charge is 2.39. The molecule has 20 heavy (non-hydrogen) atoms. The average molecular weight is 284 g/mol. The van der Waals surface area contributed by atoms with Crippen molar-refractivity contribution in [3.63, 3.8) is 0 Å². The van der Waals surface area contributed by atoms with Crippen LogP contribution < -0.4 is 0 Å². The summed E-state index contributed by atoms with van der Waals surface area (Å²) in [5.74, 6) is 0.877. The van der Waals surface area contributed by atoms with Crippen molar-refractivity contribution in [1.29, 1.82) is 0 Å². The van der Waals surface area contributed by atoms with E-state index in [1.54, 1.807) is 11.3 Å². The van der Waals surface area contributed by atoms with Crippen LogP contribution >= 0.6 is 11.3 Å². The van der Waals surface area contributed by atoms with E-state index in [1.807, 2.05) is 40.7 Å². The molecule has 2 bridgehead atoms. The van der Waals surface area contributed by atoms with Gasteiger partial charge in [-0.1, -0.05) is 18.2 Å². The summed E-state index contributed by atoms with van der Waals surface area (Å²) < 4.78 is 0. The smallest absolute Gasteiger partial charge is 0.254 e. The number of aromatic nitrogens is 1. The molecular weight excluding hydrogens is 268 g/mol. The van der Waals surface area contributed by atoms with E-state index in [4.69, 9.17) is 0 Å². The van der Waals surface area contributed by atoms with Gasteiger partial charge in [0.15, 0.2) is 0 Å². The maximum Gasteiger partial charge on any atom is 0.254 e. The maximum absolute atomic E-state index is 12.7. The van der Waals surface area contributed by atoms with Gasteiger partial charge in [0.2, 0.25) is 0 Å². The highest BCUT2D eigenvalue weighted by Crippen LogP contribution is 2.43. The molecule has 2 heterocycles. The Morgan fingerprint density at radius 2 is 2.15 bits per heavy atom. The Kier molecular flexibility index (Phi) is 2.84. The highest BCUT2D eigenvalue weighted by atomic mass is 32.1. The Bertz CT molecular complexity index is 637. The Morgan fingerprint density at radius 3 is 3.00 bits per heavy atom. The summed E-state index contributed by atoms with van der Waals surface area (Å²) >= 11 is 1.74. The number of piperidine rings is 1. The number of hydrogen-bond acceptors (Lipinski definition) is 3. The van der Waals surface area contributed by atoms with Crippen LogP contribution in [0.5, 0.6) is 0 Å². The normalized spacial score (nSPS) is 24.3. The second-order valence-corrected chi connectivity index (χ2v) is 6.57. The molecule has 1 aromatic heterocycles. The Balaban J connectivity index is 1.69. The van der Waals surface area contributed by atoms with Crippen LogP contribution in [0.4, 0.5) is 0 Å². The van der Waals surface area contributed by atoms with Crippen LogP contribution in [0.1, 0.15) is 39.8 Å². The van der Waals surface area contributed by atoms with Crippen molar-refractivity contribution in [1.82, 2.24) is 9.88 Å². The van der Waals surface area contributed by atoms with E-state index in [9.17, 15) is 4.79 Å². The molecule has 1 amide bonds. The molecule has 2 aliphatic rings. The number of amides is 1. The maximum atomic E-state index is 12.7. The molecule has 2 atom stereocenters. The van der Waals surface area contributed by atoms with Crippen LogP contribution in [0.15, 0.2) is 35.8 Å². The van der Waals surface area contributed by atoms with Gasteiger partial charge >= 0.3 is 0 Å². The number of hydrogen-bond donors (Lipinski definition) is 0. The quantitative estimate of drug-likeness (QED) is 0.805. The van der Waals surface area contributed by atoms with Gasteiger partial charge in [0, 0.05) is 17.0 Å². The average Bonchev–Trinajstić information content (AvgIpc) is 2.96. The predicted octanol–water partition coefficient (Wildman–Crippen LogP) is 3.29. The number of carbonyl (C=O) groups excluding carboxylic acids is 1. The first-order valence-electron chi connectivity index (χ1n) is 7.11. The summed E-state index contributed by atoms with van der Waals surface area (Å²) in [5.41, 5.74) is 3.86. The summed E-state index contributed by atoms with van der Waals surface area (Å²) in [4.78, 5) is 20.7. The van der Waals surface area contributed by atoms with Gasteiger partial charge in [-0.2, -0.15) is 0 Å². The zero-order valence-electron chi connectivity index (χ0n) is 11.2. The molecule has 1 saturated heterocycles. The standard InChI is InChI=1S/C16H16N2OS/c19-16(12-4-2-1-3-5-12)18-7-6-11-8-13(18)15-14(9-11)20-10-17-15/h1-5,10-11,13H,6-9H2. The zero-order valence-corrected chi connectivity index (χ0v) is 12.0. The van der Waals surface area contributed by atoms with E-state index in [0.29, 0.717) is 0 Å². The lowest BCUT2D eigenvalue weighted by atomic mass is 9.81. The van der Waals surface area contributed by atoms with Crippen LogP contribution in [-0.2, 0) is 6.42 Å². The van der Waals surface area contributed by atoms with Gasteiger partial charge in [-0.3, -0.25) is 4.79 Å². The van der Waals surface area contributed by atoms with Crippen molar-refractivity contribution in [2.45, 2.75) is 25.3 Å². The van der Waals surface area contributed by atoms with Gasteiger partial charge in [0.05, 0.1) is 17.2 Å². The fourth-order valence-electron chi connectivity index (χ4n) is 3.44. The first kappa shape index (κ1) is 12.1. The molecule has 4 heteroatoms. The van der Waals surface area contributed by atoms with E-state index in [1.165, 1.54) is 4.88 Å². The van der Waals surface area contributed by atoms with Crippen molar-refractivity contribution < 1.29 is 4.79 Å². The third-order valence-corrected chi connectivity index (χ3v) is 5.33. The Labute approximate surface area is 122 Å². The molecule has 0 N–H and O–H groups in total. The minimum Gasteiger partial charge on any atom is -0.330 e. The summed E-state index contributed by atoms with van der Waals surface area (Å²) in [6.45, 7) is 0.861. The van der Waals surface area contributed by atoms with Crippen LogP contribution in [0.25, 0.3) is 0 Å². The second-order valence-electron chi connectivity index (χ2n) is 5.64. The number of nitrogens with zero attached hydrogens (tertiary/aromatic N) is 2. The van der Waals surface area contributed by atoms with Gasteiger partial charge in [-0.25, -0.2) is 4.98 Å². The molecule has 1 aromatic carbocycles. The lowest BCUT2D eigenvalue weighted by Crippen LogP contribution is -2.43. The third kappa shape index (κ3) is 1.86. The number of fused-ring (bicyclic) bond motifs is 4. The monoisotopic (exact) mass is 284 g/mol. The molecule has 2 aromatic rings. The van der Waals surface area contributed by atoms with Crippen LogP contribution in [0.3, 0.4) is 0 Å². The molecule has 1 aliphatic heterocycles. The minimum atomic E-state index is 0.148. The van der Waals surface area contributed by atoms with Crippen molar-refractivity contribution >= 4 is 17.2 Å². The summed E-state index contributed by atoms with van der Waals surface area (Å²) in [6, 6.07) is 9.79. The predicted molar refractivity (Wildman–Crippen MR) is 78.8 cm³/mol. The van der Waals surface area contributed by atoms with Crippen LogP contribution in [-0.4, -0.2) is 22.3 Å². The van der Waals surface area contributed by atoms with Gasteiger partial charge in [-0.05, 0) is 37.3 Å². The molecule has 0 spiro atoms. The first-order valence-corrected chi connectivity index (χ1v) is 7.99. The molecule has 0 radical (unpaired) electrons. The Morgan fingerprint density at radius 1 is 1.30 bits per heavy atom. The molecule has 1 aliphatic carbocycles. The van der Waals surface area contributed by atoms with Gasteiger partial charge in [-0.15, -0.1) is 11.3 Å². The zero-order chi connectivity index (χ0) is 13.5. The van der Waals surface area contributed by atoms with Crippen molar-refractivity contribution in [3.05, 3.63) is 52.0 Å². The SMILES string of the molecule is O=C(c1ccccc1)N1CCC2Cc3scnc3C1C2. The number of thiazole rings is 1. The van der Waals surface area contributed by atoms with E-state index in [2.05, 4.69) is 4.98 Å². The summed E-state index contributed by atoms with van der Waals surface area (Å²) in [5, 5.41) is 0. The number of likely N-dealkylation sites (tertiary alicyclic amines) is 1. The Hall–Kier alpha value is -1.68. The lowest BCUT2D eigenvalue weighted by Gasteiger charge is -2.42. The second kappa shape index (κ2) is 4.70. The lowest BCUT2D eigenvalue weighted by molar-refractivity contribution is 0.0513. The van der Waals surface area contributed by atoms with Crippen molar-refractivity contribution in [2.75, 3.05) is 6.54 Å². The summed E-state index contributed by atoms with van der Waals surface area (Å²) in [7, 11) is 0. The van der Waals surface area contributed by atoms with Gasteiger partial charge < -0.3 is 4.90 Å². The number of benzene rings is 1. The first-order chi connectivity index (χ1) is 9.83. The molecule has 102 valence electrons. The molecule has 0 saturated carbocycles. The van der Waals surface area contributed by atoms with Crippen molar-refractivity contribution in [2.24, 2.45) is 5.92 Å². The van der Waals surface area contributed by atoms with E-state index < -0.39 is 0 Å². The molecule has 4 rings (SSSR count). The molecule has 1 fully saturated rings. The molecule has 3 nitrogen and oxygen atoms in total. The van der Waals surface area contributed by atoms with E-state index in [0.717, 1.165) is 43.0 Å². The summed E-state index contributed by atoms with van der Waals surface area (Å²) in [6.07, 6.45) is 3.35. The topological polar surface area (TPSA) is 33.2 Å². The fraction of sp³-hybridized carbons (Fsp3) is 0.375. The van der Waals surface area contributed by atoms with Crippen molar-refractivity contribution in [3.8, 4) is 0 Å². The number of rotatable bonds is 1.